The molecule has 0 aromatic heterocycles. The largest absolute Gasteiger partial charge is 0.465 e. The van der Waals surface area contributed by atoms with Gasteiger partial charge in [-0.1, -0.05) is 32.4 Å². The van der Waals surface area contributed by atoms with Gasteiger partial charge in [0.05, 0.1) is 16.4 Å². The molecule has 25 heavy (non-hydrogen) atoms. The Bertz CT molecular complexity index is 790. The Balaban J connectivity index is 2.35. The minimum absolute atomic E-state index is 0.00688. The number of hydrogen-bond acceptors (Lipinski definition) is 3. The summed E-state index contributed by atoms with van der Waals surface area (Å²) < 4.78 is 19.1. The summed E-state index contributed by atoms with van der Waals surface area (Å²) >= 11 is 5.65. The zero-order valence-corrected chi connectivity index (χ0v) is 15.0. The van der Waals surface area contributed by atoms with E-state index in [1.807, 2.05) is 20.8 Å². The van der Waals surface area contributed by atoms with Crippen molar-refractivity contribution in [3.63, 3.8) is 0 Å². The molecule has 1 amide bonds. The molecule has 0 bridgehead atoms. The van der Waals surface area contributed by atoms with Gasteiger partial charge >= 0.3 is 6.09 Å². The van der Waals surface area contributed by atoms with E-state index in [1.165, 1.54) is 23.1 Å². The third kappa shape index (κ3) is 5.00. The lowest BCUT2D eigenvalue weighted by atomic mass is 9.96. The lowest BCUT2D eigenvalue weighted by molar-refractivity contribution is 0.198. The molecule has 0 aliphatic rings. The number of halogens is 2. The van der Waals surface area contributed by atoms with Gasteiger partial charge in [-0.15, -0.1) is 0 Å². The third-order valence-electron chi connectivity index (χ3n) is 3.28. The molecule has 3 N–H and O–H groups in total. The van der Waals surface area contributed by atoms with Crippen molar-refractivity contribution in [2.75, 3.05) is 17.2 Å². The highest BCUT2D eigenvalue weighted by atomic mass is 35.5. The van der Waals surface area contributed by atoms with E-state index in [-0.39, 0.29) is 22.7 Å². The average Bonchev–Trinajstić information content (AvgIpc) is 2.49. The molecule has 0 unspecified atom stereocenters. The van der Waals surface area contributed by atoms with E-state index >= 15 is 0 Å². The Labute approximate surface area is 150 Å². The lowest BCUT2D eigenvalue weighted by Gasteiger charge is -2.28. The molecule has 0 saturated heterocycles. The molecule has 0 spiro atoms. The monoisotopic (exact) mass is 366 g/mol. The molecule has 0 radical (unpaired) electrons. The summed E-state index contributed by atoms with van der Waals surface area (Å²) in [6.45, 7) is 6.04. The maximum Gasteiger partial charge on any atom is 0.411 e. The van der Waals surface area contributed by atoms with Crippen molar-refractivity contribution in [3.8, 4) is 11.5 Å². The number of hydrogen-bond donors (Lipinski definition) is 2. The van der Waals surface area contributed by atoms with E-state index in [4.69, 9.17) is 22.1 Å². The van der Waals surface area contributed by atoms with Gasteiger partial charge in [0.25, 0.3) is 0 Å². The molecule has 2 aromatic carbocycles. The van der Waals surface area contributed by atoms with E-state index in [1.54, 1.807) is 12.1 Å². The first-order chi connectivity index (χ1) is 11.6. The number of carbonyl (C=O) groups is 1. The summed E-state index contributed by atoms with van der Waals surface area (Å²) in [5, 5.41) is 9.52. The molecule has 0 heterocycles. The Morgan fingerprint density at radius 2 is 1.84 bits per heavy atom. The van der Waals surface area contributed by atoms with Crippen molar-refractivity contribution in [3.05, 3.63) is 47.2 Å². The number of nitrogen functional groups attached to an aromatic ring is 1. The van der Waals surface area contributed by atoms with E-state index in [2.05, 4.69) is 0 Å². The van der Waals surface area contributed by atoms with Gasteiger partial charge in [0.15, 0.2) is 0 Å². The first kappa shape index (κ1) is 18.9. The van der Waals surface area contributed by atoms with Crippen molar-refractivity contribution in [1.82, 2.24) is 0 Å². The molecule has 134 valence electrons. The van der Waals surface area contributed by atoms with Gasteiger partial charge in [0.2, 0.25) is 0 Å². The van der Waals surface area contributed by atoms with Gasteiger partial charge in [-0.25, -0.2) is 9.18 Å². The number of anilines is 2. The summed E-state index contributed by atoms with van der Waals surface area (Å²) in [5.41, 5.74) is 6.30. The van der Waals surface area contributed by atoms with Crippen molar-refractivity contribution >= 4 is 29.1 Å². The fourth-order valence-electron chi connectivity index (χ4n) is 2.23. The van der Waals surface area contributed by atoms with Gasteiger partial charge < -0.3 is 15.6 Å². The van der Waals surface area contributed by atoms with Crippen LogP contribution >= 0.6 is 11.6 Å². The number of carboxylic acid groups (broad SMARTS) is 1. The Hall–Kier alpha value is -2.47. The molecular weight excluding hydrogens is 347 g/mol. The fourth-order valence-corrected chi connectivity index (χ4v) is 2.34. The number of ether oxygens (including phenoxy) is 1. The third-order valence-corrected chi connectivity index (χ3v) is 3.59. The molecule has 2 rings (SSSR count). The summed E-state index contributed by atoms with van der Waals surface area (Å²) in [6, 6.07) is 8.71. The highest BCUT2D eigenvalue weighted by Gasteiger charge is 2.24. The Morgan fingerprint density at radius 1 is 1.24 bits per heavy atom. The number of amides is 1. The predicted octanol–water partition coefficient (Wildman–Crippen LogP) is 5.38. The summed E-state index contributed by atoms with van der Waals surface area (Å²) in [5.74, 6) is -0.0175. The number of nitrogens with two attached hydrogens (primary N) is 1. The van der Waals surface area contributed by atoms with Crippen LogP contribution in [0.25, 0.3) is 0 Å². The highest BCUT2D eigenvalue weighted by Crippen LogP contribution is 2.33. The second-order valence-electron chi connectivity index (χ2n) is 6.83. The van der Waals surface area contributed by atoms with Gasteiger partial charge in [0.1, 0.15) is 17.3 Å². The van der Waals surface area contributed by atoms with Crippen LogP contribution in [0.4, 0.5) is 20.6 Å². The highest BCUT2D eigenvalue weighted by molar-refractivity contribution is 6.30. The zero-order chi connectivity index (χ0) is 18.8. The van der Waals surface area contributed by atoms with E-state index < -0.39 is 11.9 Å². The predicted molar refractivity (Wildman–Crippen MR) is 97.2 cm³/mol. The van der Waals surface area contributed by atoms with E-state index in [9.17, 15) is 14.3 Å². The zero-order valence-electron chi connectivity index (χ0n) is 14.2. The standard InChI is InChI=1S/C18H20ClFN2O3/c1-18(2,3)10-22(17(23)24)16-9-12(5-7-15(16)21)25-11-4-6-13(19)14(20)8-11/h4-9H,10,21H2,1-3H3,(H,23,24). The summed E-state index contributed by atoms with van der Waals surface area (Å²) in [6.07, 6.45) is -1.11. The van der Waals surface area contributed by atoms with Crippen LogP contribution in [0, 0.1) is 11.2 Å². The maximum atomic E-state index is 13.5. The van der Waals surface area contributed by atoms with Crippen LogP contribution in [0.3, 0.4) is 0 Å². The summed E-state index contributed by atoms with van der Waals surface area (Å²) in [4.78, 5) is 12.8. The molecule has 7 heteroatoms. The molecule has 0 aliphatic heterocycles. The van der Waals surface area contributed by atoms with Crippen molar-refractivity contribution < 1.29 is 19.0 Å². The lowest BCUT2D eigenvalue weighted by Crippen LogP contribution is -2.37. The molecule has 5 nitrogen and oxygen atoms in total. The Morgan fingerprint density at radius 3 is 2.40 bits per heavy atom. The average molecular weight is 367 g/mol. The minimum atomic E-state index is -1.11. The van der Waals surface area contributed by atoms with E-state index in [0.29, 0.717) is 17.1 Å². The molecule has 0 fully saturated rings. The fraction of sp³-hybridized carbons (Fsp3) is 0.278. The topological polar surface area (TPSA) is 75.8 Å². The normalized spacial score (nSPS) is 11.2. The van der Waals surface area contributed by atoms with Crippen LogP contribution in [0.15, 0.2) is 36.4 Å². The van der Waals surface area contributed by atoms with Crippen LogP contribution in [-0.2, 0) is 0 Å². The molecular formula is C18H20ClFN2O3. The van der Waals surface area contributed by atoms with Crippen LogP contribution in [-0.4, -0.2) is 17.7 Å². The number of nitrogens with zero attached hydrogens (tertiary/aromatic N) is 1. The molecule has 0 saturated carbocycles. The van der Waals surface area contributed by atoms with Gasteiger partial charge in [0, 0.05) is 18.7 Å². The van der Waals surface area contributed by atoms with E-state index in [0.717, 1.165) is 6.07 Å². The van der Waals surface area contributed by atoms with Gasteiger partial charge in [-0.2, -0.15) is 0 Å². The quantitative estimate of drug-likeness (QED) is 0.712. The van der Waals surface area contributed by atoms with Crippen LogP contribution < -0.4 is 15.4 Å². The van der Waals surface area contributed by atoms with Crippen LogP contribution in [0.2, 0.25) is 5.02 Å². The first-order valence-corrected chi connectivity index (χ1v) is 7.97. The first-order valence-electron chi connectivity index (χ1n) is 7.60. The second-order valence-corrected chi connectivity index (χ2v) is 7.24. The number of benzene rings is 2. The SMILES string of the molecule is CC(C)(C)CN(C(=O)O)c1cc(Oc2ccc(Cl)c(F)c2)ccc1N. The Kier molecular flexibility index (Phi) is 5.42. The molecule has 2 aromatic rings. The maximum absolute atomic E-state index is 13.5. The van der Waals surface area contributed by atoms with Crippen LogP contribution in [0.1, 0.15) is 20.8 Å². The van der Waals surface area contributed by atoms with Crippen molar-refractivity contribution in [2.24, 2.45) is 5.41 Å². The molecule has 0 atom stereocenters. The second kappa shape index (κ2) is 7.19. The van der Waals surface area contributed by atoms with Crippen LogP contribution in [0.5, 0.6) is 11.5 Å². The van der Waals surface area contributed by atoms with Gasteiger partial charge in [-0.3, -0.25) is 4.90 Å². The van der Waals surface area contributed by atoms with Crippen molar-refractivity contribution in [1.29, 1.82) is 0 Å². The number of rotatable bonds is 4. The molecule has 0 aliphatic carbocycles. The summed E-state index contributed by atoms with van der Waals surface area (Å²) in [7, 11) is 0. The van der Waals surface area contributed by atoms with Gasteiger partial charge in [-0.05, 0) is 29.7 Å². The smallest absolute Gasteiger partial charge is 0.411 e. The minimum Gasteiger partial charge on any atom is -0.465 e. The van der Waals surface area contributed by atoms with Crippen molar-refractivity contribution in [2.45, 2.75) is 20.8 Å².